The average molecular weight is 263 g/mol. The summed E-state index contributed by atoms with van der Waals surface area (Å²) in [6.45, 7) is 0.597. The first-order chi connectivity index (χ1) is 8.75. The smallest absolute Gasteiger partial charge is 0.317 e. The van der Waals surface area contributed by atoms with Crippen molar-refractivity contribution < 1.29 is 9.90 Å². The lowest BCUT2D eigenvalue weighted by Crippen LogP contribution is -2.24. The summed E-state index contributed by atoms with van der Waals surface area (Å²) in [5.41, 5.74) is 1.73. The van der Waals surface area contributed by atoms with Gasteiger partial charge in [0.15, 0.2) is 0 Å². The van der Waals surface area contributed by atoms with Gasteiger partial charge in [-0.1, -0.05) is 6.07 Å². The minimum atomic E-state index is -0.844. The quantitative estimate of drug-likeness (QED) is 0.771. The summed E-state index contributed by atoms with van der Waals surface area (Å²) in [4.78, 5) is 19.0. The van der Waals surface area contributed by atoms with Crippen molar-refractivity contribution in [3.8, 4) is 11.4 Å². The van der Waals surface area contributed by atoms with Crippen LogP contribution in [0.1, 0.15) is 5.01 Å². The van der Waals surface area contributed by atoms with Crippen LogP contribution < -0.4 is 5.32 Å². The lowest BCUT2D eigenvalue weighted by atomic mass is 10.3. The highest BCUT2D eigenvalue weighted by Crippen LogP contribution is 2.19. The highest BCUT2D eigenvalue weighted by molar-refractivity contribution is 7.09. The SMILES string of the molecule is O=C(O)CNCCc1nc(-c2ccccn2)cs1. The van der Waals surface area contributed by atoms with Gasteiger partial charge in [0.2, 0.25) is 0 Å². The van der Waals surface area contributed by atoms with E-state index >= 15 is 0 Å². The number of nitrogens with zero attached hydrogens (tertiary/aromatic N) is 2. The van der Waals surface area contributed by atoms with Crippen LogP contribution in [0.5, 0.6) is 0 Å². The Hall–Kier alpha value is -1.79. The number of aromatic nitrogens is 2. The molecule has 5 nitrogen and oxygen atoms in total. The first kappa shape index (κ1) is 12.7. The Balaban J connectivity index is 1.89. The summed E-state index contributed by atoms with van der Waals surface area (Å²) >= 11 is 1.56. The molecule has 0 aliphatic rings. The molecule has 94 valence electrons. The van der Waals surface area contributed by atoms with Crippen LogP contribution in [0.15, 0.2) is 29.8 Å². The molecule has 18 heavy (non-hydrogen) atoms. The average Bonchev–Trinajstić information content (AvgIpc) is 2.84. The fraction of sp³-hybridized carbons (Fsp3) is 0.250. The first-order valence-corrected chi connectivity index (χ1v) is 6.42. The van der Waals surface area contributed by atoms with Gasteiger partial charge in [0.05, 0.1) is 22.9 Å². The van der Waals surface area contributed by atoms with Crippen LogP contribution >= 0.6 is 11.3 Å². The molecule has 0 aliphatic heterocycles. The van der Waals surface area contributed by atoms with Crippen molar-refractivity contribution in [3.63, 3.8) is 0 Å². The lowest BCUT2D eigenvalue weighted by molar-refractivity contribution is -0.135. The van der Waals surface area contributed by atoms with Crippen LogP contribution in [0.3, 0.4) is 0 Å². The van der Waals surface area contributed by atoms with Crippen LogP contribution in [0.4, 0.5) is 0 Å². The van der Waals surface area contributed by atoms with E-state index in [0.29, 0.717) is 6.54 Å². The Kier molecular flexibility index (Phi) is 4.38. The highest BCUT2D eigenvalue weighted by Gasteiger charge is 2.05. The minimum absolute atomic E-state index is 0.0154. The van der Waals surface area contributed by atoms with Gasteiger partial charge in [-0.2, -0.15) is 0 Å². The number of nitrogens with one attached hydrogen (secondary N) is 1. The number of hydrogen-bond acceptors (Lipinski definition) is 5. The molecule has 0 aromatic carbocycles. The van der Waals surface area contributed by atoms with E-state index in [1.165, 1.54) is 0 Å². The van der Waals surface area contributed by atoms with Gasteiger partial charge in [0.25, 0.3) is 0 Å². The molecule has 0 saturated heterocycles. The molecule has 2 aromatic heterocycles. The van der Waals surface area contributed by atoms with Crippen LogP contribution in [-0.2, 0) is 11.2 Å². The van der Waals surface area contributed by atoms with E-state index in [-0.39, 0.29) is 6.54 Å². The second-order valence-corrected chi connectivity index (χ2v) is 4.60. The molecule has 0 spiro atoms. The van der Waals surface area contributed by atoms with Crippen molar-refractivity contribution >= 4 is 17.3 Å². The topological polar surface area (TPSA) is 75.1 Å². The van der Waals surface area contributed by atoms with Crippen molar-refractivity contribution in [2.75, 3.05) is 13.1 Å². The van der Waals surface area contributed by atoms with Gasteiger partial charge in [0.1, 0.15) is 0 Å². The molecule has 0 unspecified atom stereocenters. The number of carboxylic acids is 1. The maximum atomic E-state index is 10.3. The van der Waals surface area contributed by atoms with Crippen LogP contribution in [0.2, 0.25) is 0 Å². The summed E-state index contributed by atoms with van der Waals surface area (Å²) in [7, 11) is 0. The third-order valence-electron chi connectivity index (χ3n) is 2.27. The summed E-state index contributed by atoms with van der Waals surface area (Å²) in [5.74, 6) is -0.844. The van der Waals surface area contributed by atoms with Gasteiger partial charge in [-0.3, -0.25) is 9.78 Å². The number of aliphatic carboxylic acids is 1. The summed E-state index contributed by atoms with van der Waals surface area (Å²) in [6.07, 6.45) is 2.47. The van der Waals surface area contributed by atoms with Crippen molar-refractivity contribution in [2.45, 2.75) is 6.42 Å². The largest absolute Gasteiger partial charge is 0.480 e. The molecule has 0 aliphatic carbocycles. The standard InChI is InChI=1S/C12H13N3O2S/c16-12(17)7-13-6-4-11-15-10(8-18-11)9-3-1-2-5-14-9/h1-3,5,8,13H,4,6-7H2,(H,16,17). The molecule has 2 heterocycles. The summed E-state index contributed by atoms with van der Waals surface area (Å²) in [6, 6.07) is 5.71. The molecule has 0 bridgehead atoms. The Morgan fingerprint density at radius 2 is 2.28 bits per heavy atom. The van der Waals surface area contributed by atoms with Crippen LogP contribution in [-0.4, -0.2) is 34.1 Å². The second kappa shape index (κ2) is 6.23. The van der Waals surface area contributed by atoms with Crippen LogP contribution in [0.25, 0.3) is 11.4 Å². The molecular weight excluding hydrogens is 250 g/mol. The third kappa shape index (κ3) is 3.61. The highest BCUT2D eigenvalue weighted by atomic mass is 32.1. The Labute approximate surface area is 109 Å². The maximum Gasteiger partial charge on any atom is 0.317 e. The molecule has 0 amide bonds. The van der Waals surface area contributed by atoms with Gasteiger partial charge in [0, 0.05) is 24.5 Å². The molecule has 2 aromatic rings. The van der Waals surface area contributed by atoms with Gasteiger partial charge < -0.3 is 10.4 Å². The molecule has 0 saturated carbocycles. The number of thiazole rings is 1. The van der Waals surface area contributed by atoms with E-state index in [1.807, 2.05) is 23.6 Å². The molecule has 2 rings (SSSR count). The maximum absolute atomic E-state index is 10.3. The lowest BCUT2D eigenvalue weighted by Gasteiger charge is -1.98. The molecular formula is C12H13N3O2S. The zero-order chi connectivity index (χ0) is 12.8. The van der Waals surface area contributed by atoms with E-state index in [0.717, 1.165) is 22.8 Å². The fourth-order valence-corrected chi connectivity index (χ4v) is 2.24. The number of carbonyl (C=O) groups is 1. The van der Waals surface area contributed by atoms with Crippen molar-refractivity contribution in [1.29, 1.82) is 0 Å². The zero-order valence-electron chi connectivity index (χ0n) is 9.67. The number of carboxylic acid groups (broad SMARTS) is 1. The minimum Gasteiger partial charge on any atom is -0.480 e. The van der Waals surface area contributed by atoms with E-state index in [4.69, 9.17) is 5.11 Å². The van der Waals surface area contributed by atoms with E-state index in [9.17, 15) is 4.79 Å². The number of pyridine rings is 1. The predicted molar refractivity (Wildman–Crippen MR) is 69.6 cm³/mol. The normalized spacial score (nSPS) is 10.4. The summed E-state index contributed by atoms with van der Waals surface area (Å²) < 4.78 is 0. The third-order valence-corrected chi connectivity index (χ3v) is 3.18. The first-order valence-electron chi connectivity index (χ1n) is 5.54. The van der Waals surface area contributed by atoms with E-state index in [2.05, 4.69) is 15.3 Å². The van der Waals surface area contributed by atoms with Gasteiger partial charge in [-0.05, 0) is 12.1 Å². The summed E-state index contributed by atoms with van der Waals surface area (Å²) in [5, 5.41) is 14.3. The van der Waals surface area contributed by atoms with Gasteiger partial charge >= 0.3 is 5.97 Å². The molecule has 6 heteroatoms. The number of hydrogen-bond donors (Lipinski definition) is 2. The van der Waals surface area contributed by atoms with Gasteiger partial charge in [-0.25, -0.2) is 4.98 Å². The molecule has 0 radical (unpaired) electrons. The Morgan fingerprint density at radius 1 is 1.39 bits per heavy atom. The van der Waals surface area contributed by atoms with Crippen LogP contribution in [0, 0.1) is 0 Å². The molecule has 2 N–H and O–H groups in total. The van der Waals surface area contributed by atoms with Gasteiger partial charge in [-0.15, -0.1) is 11.3 Å². The monoisotopic (exact) mass is 263 g/mol. The van der Waals surface area contributed by atoms with Crippen molar-refractivity contribution in [2.24, 2.45) is 0 Å². The van der Waals surface area contributed by atoms with E-state index < -0.39 is 5.97 Å². The van der Waals surface area contributed by atoms with Crippen molar-refractivity contribution in [1.82, 2.24) is 15.3 Å². The predicted octanol–water partition coefficient (Wildman–Crippen LogP) is 1.42. The molecule has 0 atom stereocenters. The zero-order valence-corrected chi connectivity index (χ0v) is 10.5. The Bertz CT molecular complexity index is 513. The number of rotatable bonds is 6. The van der Waals surface area contributed by atoms with E-state index in [1.54, 1.807) is 17.5 Å². The molecule has 0 fully saturated rings. The van der Waals surface area contributed by atoms with Crippen molar-refractivity contribution in [3.05, 3.63) is 34.8 Å². The fourth-order valence-electron chi connectivity index (χ4n) is 1.45. The second-order valence-electron chi connectivity index (χ2n) is 3.66. The Morgan fingerprint density at radius 3 is 3.00 bits per heavy atom.